The van der Waals surface area contributed by atoms with E-state index in [9.17, 15) is 20.3 Å². The highest BCUT2D eigenvalue weighted by Crippen LogP contribution is 2.52. The van der Waals surface area contributed by atoms with E-state index in [1.54, 1.807) is 46.6 Å². The number of hydrogen-bond donors (Lipinski definition) is 3. The molecule has 3 N–H and O–H groups in total. The minimum Gasteiger partial charge on any atom is -0.504 e. The first-order valence-corrected chi connectivity index (χ1v) is 17.1. The van der Waals surface area contributed by atoms with Crippen molar-refractivity contribution in [2.45, 2.75) is 25.7 Å². The summed E-state index contributed by atoms with van der Waals surface area (Å²) in [4.78, 5) is 11.7. The third-order valence-corrected chi connectivity index (χ3v) is 9.47. The van der Waals surface area contributed by atoms with Gasteiger partial charge in [-0.25, -0.2) is 4.79 Å². The number of ether oxygens (including phenoxy) is 10. The summed E-state index contributed by atoms with van der Waals surface area (Å²) in [6.45, 7) is 0. The number of fused-ring (bicyclic) bond motifs is 6. The van der Waals surface area contributed by atoms with Crippen LogP contribution in [0.3, 0.4) is 0 Å². The van der Waals surface area contributed by atoms with Gasteiger partial charge in [0.25, 0.3) is 0 Å². The van der Waals surface area contributed by atoms with E-state index in [1.165, 1.54) is 41.6 Å². The Balaban J connectivity index is 0.000000216. The van der Waals surface area contributed by atoms with E-state index in [4.69, 9.17) is 42.6 Å². The summed E-state index contributed by atoms with van der Waals surface area (Å²) in [6, 6.07) is 10.3. The van der Waals surface area contributed by atoms with Gasteiger partial charge in [-0.1, -0.05) is 10.3 Å². The van der Waals surface area contributed by atoms with Gasteiger partial charge in [0.1, 0.15) is 0 Å². The molecule has 56 heavy (non-hydrogen) atoms. The molecule has 4 aromatic carbocycles. The van der Waals surface area contributed by atoms with E-state index in [-0.39, 0.29) is 11.5 Å². The van der Waals surface area contributed by atoms with Crippen LogP contribution >= 0.6 is 0 Å². The predicted molar refractivity (Wildman–Crippen MR) is 204 cm³/mol. The Bertz CT molecular complexity index is 2180. The van der Waals surface area contributed by atoms with E-state index < -0.39 is 6.16 Å². The average Bonchev–Trinajstić information content (AvgIpc) is 3.47. The van der Waals surface area contributed by atoms with Crippen LogP contribution < -0.4 is 42.6 Å². The molecule has 6 rings (SSSR count). The van der Waals surface area contributed by atoms with Gasteiger partial charge in [0.2, 0.25) is 11.5 Å². The predicted octanol–water partition coefficient (Wildman–Crippen LogP) is 6.88. The molecule has 2 aliphatic carbocycles. The third-order valence-electron chi connectivity index (χ3n) is 9.47. The zero-order valence-electron chi connectivity index (χ0n) is 32.5. The van der Waals surface area contributed by atoms with Crippen molar-refractivity contribution in [1.29, 1.82) is 0 Å². The number of carbonyl (C=O) groups is 1. The van der Waals surface area contributed by atoms with Crippen molar-refractivity contribution in [2.24, 2.45) is 10.3 Å². The lowest BCUT2D eigenvalue weighted by molar-refractivity contribution is 0.120. The zero-order chi connectivity index (χ0) is 40.7. The summed E-state index contributed by atoms with van der Waals surface area (Å²) >= 11 is 0. The van der Waals surface area contributed by atoms with Gasteiger partial charge in [-0.2, -0.15) is 0 Å². The maximum absolute atomic E-state index is 11.7. The highest BCUT2D eigenvalue weighted by molar-refractivity contribution is 6.10. The zero-order valence-corrected chi connectivity index (χ0v) is 32.5. The summed E-state index contributed by atoms with van der Waals surface area (Å²) < 4.78 is 53.8. The highest BCUT2D eigenvalue weighted by atomic mass is 16.7. The maximum Gasteiger partial charge on any atom is 0.513 e. The molecule has 0 spiro atoms. The number of phenolic OH excluding ortho intramolecular Hbond substituents is 1. The first-order chi connectivity index (χ1) is 27.1. The molecule has 4 aromatic rings. The molecule has 0 saturated carbocycles. The minimum atomic E-state index is -0.895. The van der Waals surface area contributed by atoms with Gasteiger partial charge in [-0.05, 0) is 84.3 Å². The number of methoxy groups -OCH3 is 9. The number of carbonyl (C=O) groups excluding carboxylic acids is 1. The van der Waals surface area contributed by atoms with Crippen LogP contribution in [0.1, 0.15) is 35.1 Å². The van der Waals surface area contributed by atoms with Gasteiger partial charge in [0.15, 0.2) is 46.0 Å². The molecule has 2 aliphatic rings. The van der Waals surface area contributed by atoms with E-state index >= 15 is 0 Å². The molecule has 298 valence electrons. The fourth-order valence-electron chi connectivity index (χ4n) is 6.94. The second-order valence-corrected chi connectivity index (χ2v) is 12.1. The number of hydrogen-bond acceptors (Lipinski definition) is 16. The third kappa shape index (κ3) is 7.37. The quantitative estimate of drug-likeness (QED) is 0.0689. The van der Waals surface area contributed by atoms with E-state index in [0.717, 1.165) is 27.8 Å². The Morgan fingerprint density at radius 1 is 0.482 bits per heavy atom. The van der Waals surface area contributed by atoms with Crippen molar-refractivity contribution < 1.29 is 67.7 Å². The minimum absolute atomic E-state index is 0.0321. The van der Waals surface area contributed by atoms with Crippen molar-refractivity contribution in [3.63, 3.8) is 0 Å². The lowest BCUT2D eigenvalue weighted by atomic mass is 9.94. The van der Waals surface area contributed by atoms with Gasteiger partial charge in [-0.3, -0.25) is 0 Å². The van der Waals surface area contributed by atoms with E-state index in [1.807, 2.05) is 12.1 Å². The molecule has 0 atom stereocenters. The molecule has 0 radical (unpaired) electrons. The van der Waals surface area contributed by atoms with E-state index in [0.29, 0.717) is 99.8 Å². The summed E-state index contributed by atoms with van der Waals surface area (Å²) in [5, 5.41) is 36.2. The Morgan fingerprint density at radius 2 is 0.893 bits per heavy atom. The molecule has 0 aliphatic heterocycles. The Kier molecular flexibility index (Phi) is 12.7. The topological polar surface area (TPSA) is 195 Å². The summed E-state index contributed by atoms with van der Waals surface area (Å²) in [5.74, 6) is 3.66. The average molecular weight is 777 g/mol. The summed E-state index contributed by atoms with van der Waals surface area (Å²) in [6.07, 6.45) is 1.17. The van der Waals surface area contributed by atoms with Crippen molar-refractivity contribution in [2.75, 3.05) is 64.0 Å². The monoisotopic (exact) mass is 776 g/mol. The number of rotatable bonds is 9. The van der Waals surface area contributed by atoms with Crippen molar-refractivity contribution >= 4 is 17.6 Å². The lowest BCUT2D eigenvalue weighted by Gasteiger charge is -2.20. The van der Waals surface area contributed by atoms with Crippen LogP contribution in [-0.4, -0.2) is 97.1 Å². The van der Waals surface area contributed by atoms with Gasteiger partial charge >= 0.3 is 6.16 Å². The van der Waals surface area contributed by atoms with Crippen LogP contribution in [0.4, 0.5) is 4.79 Å². The first kappa shape index (κ1) is 40.5. The number of aromatic hydroxyl groups is 1. The smallest absolute Gasteiger partial charge is 0.504 e. The molecule has 0 bridgehead atoms. The van der Waals surface area contributed by atoms with Gasteiger partial charge in [0, 0.05) is 22.3 Å². The van der Waals surface area contributed by atoms with E-state index in [2.05, 4.69) is 15.0 Å². The molecule has 0 saturated heterocycles. The number of benzene rings is 4. The molecular formula is C40H44N2O14. The SMILES string of the molecule is COC(=O)Oc1cc2c(cc1OC)-c1c(cc(OC)c(OC)c1OC)CC/C2=N\O.COc1cc2c(cc1O)/C(=N/O)CCc1cc(OC)c(OC)c(OC)c1-2. The fraction of sp³-hybridized carbons (Fsp3) is 0.325. The molecule has 16 heteroatoms. The second kappa shape index (κ2) is 17.6. The van der Waals surface area contributed by atoms with Crippen molar-refractivity contribution in [3.8, 4) is 79.7 Å². The summed E-state index contributed by atoms with van der Waals surface area (Å²) in [7, 11) is 13.4. The summed E-state index contributed by atoms with van der Waals surface area (Å²) in [5.41, 5.74) is 6.83. The van der Waals surface area contributed by atoms with Crippen LogP contribution in [-0.2, 0) is 17.6 Å². The highest BCUT2D eigenvalue weighted by Gasteiger charge is 2.31. The molecule has 0 aromatic heterocycles. The van der Waals surface area contributed by atoms with Crippen molar-refractivity contribution in [3.05, 3.63) is 58.7 Å². The van der Waals surface area contributed by atoms with Gasteiger partial charge in [-0.15, -0.1) is 0 Å². The molecule has 0 unspecified atom stereocenters. The molecule has 0 heterocycles. The van der Waals surface area contributed by atoms with Gasteiger partial charge < -0.3 is 62.9 Å². The number of nitrogens with zero attached hydrogens (tertiary/aromatic N) is 2. The Hall–Kier alpha value is -6.71. The van der Waals surface area contributed by atoms with Gasteiger partial charge in [0.05, 0.1) is 75.4 Å². The largest absolute Gasteiger partial charge is 0.513 e. The lowest BCUT2D eigenvalue weighted by Crippen LogP contribution is -2.10. The van der Waals surface area contributed by atoms with Crippen LogP contribution in [0.15, 0.2) is 46.7 Å². The van der Waals surface area contributed by atoms with Crippen LogP contribution in [0.5, 0.6) is 57.5 Å². The van der Waals surface area contributed by atoms with Crippen molar-refractivity contribution in [1.82, 2.24) is 0 Å². The molecule has 0 amide bonds. The second-order valence-electron chi connectivity index (χ2n) is 12.1. The normalized spacial score (nSPS) is 13.9. The number of oxime groups is 2. The number of phenols is 1. The standard InChI is InChI=1S/C21H23NO8.C19H21NO6/c1-25-15-10-13-12(9-16(15)30-21(23)29-5)14(22-24)7-6-11-8-17(26-2)19(27-3)20(28-4)18(11)13;1-23-15-9-12-11(8-14(15)21)13(20-22)6-5-10-7-16(24-2)18(25-3)19(26-4)17(10)12/h8-10,24H,6-7H2,1-5H3;7-9,21-22H,5-6H2,1-4H3/b22-14+;20-13+. The molecular weight excluding hydrogens is 732 g/mol. The molecule has 16 nitrogen and oxygen atoms in total. The van der Waals surface area contributed by atoms with Crippen LogP contribution in [0.2, 0.25) is 0 Å². The van der Waals surface area contributed by atoms with Crippen LogP contribution in [0.25, 0.3) is 22.3 Å². The Labute approximate surface area is 323 Å². The Morgan fingerprint density at radius 3 is 1.29 bits per heavy atom. The fourth-order valence-corrected chi connectivity index (χ4v) is 6.94. The first-order valence-electron chi connectivity index (χ1n) is 17.1. The molecule has 0 fully saturated rings. The number of aryl methyl sites for hydroxylation is 2. The maximum atomic E-state index is 11.7. The van der Waals surface area contributed by atoms with Crippen LogP contribution in [0, 0.1) is 0 Å².